The third-order valence-corrected chi connectivity index (χ3v) is 2.85. The average Bonchev–Trinajstić information content (AvgIpc) is 2.53. The van der Waals surface area contributed by atoms with E-state index < -0.39 is 0 Å². The van der Waals surface area contributed by atoms with Gasteiger partial charge < -0.3 is 4.74 Å². The minimum atomic E-state index is 0.845. The summed E-state index contributed by atoms with van der Waals surface area (Å²) in [5.41, 5.74) is 0. The molecule has 13 heavy (non-hydrogen) atoms. The van der Waals surface area contributed by atoms with E-state index in [4.69, 9.17) is 4.74 Å². The maximum atomic E-state index is 5.27. The molecule has 0 N–H and O–H groups in total. The monoisotopic (exact) mass is 199 g/mol. The summed E-state index contributed by atoms with van der Waals surface area (Å²) < 4.78 is 5.27. The Hall–Kier alpha value is -0.520. The van der Waals surface area contributed by atoms with Crippen LogP contribution in [0.1, 0.15) is 10.0 Å². The molecule has 1 fully saturated rings. The van der Waals surface area contributed by atoms with Crippen LogP contribution < -0.4 is 0 Å². The molecule has 0 bridgehead atoms. The lowest BCUT2D eigenvalue weighted by molar-refractivity contribution is 0.0341. The van der Waals surface area contributed by atoms with Crippen molar-refractivity contribution in [3.8, 4) is 0 Å². The molecule has 0 spiro atoms. The summed E-state index contributed by atoms with van der Waals surface area (Å²) in [6.45, 7) is 6.63. The number of nitrogens with zero attached hydrogens (tertiary/aromatic N) is 3. The molecular formula is C8H13N3OS. The van der Waals surface area contributed by atoms with Crippen molar-refractivity contribution in [2.45, 2.75) is 13.5 Å². The summed E-state index contributed by atoms with van der Waals surface area (Å²) in [5.74, 6) is 0. The standard InChI is InChI=1S/C8H13N3OS/c1-7-9-10-8(13-7)6-11-2-4-12-5-3-11/h2-6H2,1H3. The van der Waals surface area contributed by atoms with Gasteiger partial charge in [0, 0.05) is 13.1 Å². The summed E-state index contributed by atoms with van der Waals surface area (Å²) >= 11 is 1.68. The summed E-state index contributed by atoms with van der Waals surface area (Å²) in [4.78, 5) is 2.35. The molecule has 1 aliphatic heterocycles. The number of hydrogen-bond acceptors (Lipinski definition) is 5. The highest BCUT2D eigenvalue weighted by atomic mass is 32.1. The van der Waals surface area contributed by atoms with Crippen LogP contribution in [0.15, 0.2) is 0 Å². The zero-order valence-electron chi connectivity index (χ0n) is 7.69. The van der Waals surface area contributed by atoms with Crippen LogP contribution in [0.3, 0.4) is 0 Å². The predicted molar refractivity (Wildman–Crippen MR) is 50.7 cm³/mol. The Morgan fingerprint density at radius 2 is 2.15 bits per heavy atom. The fraction of sp³-hybridized carbons (Fsp3) is 0.750. The highest BCUT2D eigenvalue weighted by Gasteiger charge is 2.12. The quantitative estimate of drug-likeness (QED) is 0.702. The molecule has 4 nitrogen and oxygen atoms in total. The van der Waals surface area contributed by atoms with Crippen LogP contribution >= 0.6 is 11.3 Å². The average molecular weight is 199 g/mol. The summed E-state index contributed by atoms with van der Waals surface area (Å²) in [7, 11) is 0. The molecule has 1 aromatic rings. The van der Waals surface area contributed by atoms with Crippen LogP contribution in [-0.2, 0) is 11.3 Å². The molecule has 1 aliphatic rings. The maximum Gasteiger partial charge on any atom is 0.131 e. The number of hydrogen-bond donors (Lipinski definition) is 0. The molecule has 2 heterocycles. The number of aromatic nitrogens is 2. The second kappa shape index (κ2) is 4.13. The Balaban J connectivity index is 1.89. The van der Waals surface area contributed by atoms with Gasteiger partial charge in [0.25, 0.3) is 0 Å². The first-order valence-corrected chi connectivity index (χ1v) is 5.25. The van der Waals surface area contributed by atoms with Gasteiger partial charge >= 0.3 is 0 Å². The van der Waals surface area contributed by atoms with Crippen LogP contribution in [0.25, 0.3) is 0 Å². The van der Waals surface area contributed by atoms with E-state index in [1.165, 1.54) is 0 Å². The molecule has 0 aromatic carbocycles. The van der Waals surface area contributed by atoms with Crippen molar-refractivity contribution in [2.75, 3.05) is 26.3 Å². The summed E-state index contributed by atoms with van der Waals surface area (Å²) in [6, 6.07) is 0. The molecule has 0 unspecified atom stereocenters. The van der Waals surface area contributed by atoms with Gasteiger partial charge in [-0.2, -0.15) is 0 Å². The first kappa shape index (κ1) is 9.05. The highest BCUT2D eigenvalue weighted by Crippen LogP contribution is 2.11. The van der Waals surface area contributed by atoms with Crippen molar-refractivity contribution in [2.24, 2.45) is 0 Å². The lowest BCUT2D eigenvalue weighted by Crippen LogP contribution is -2.35. The van der Waals surface area contributed by atoms with Gasteiger partial charge in [0.15, 0.2) is 0 Å². The SMILES string of the molecule is Cc1nnc(CN2CCOCC2)s1. The zero-order chi connectivity index (χ0) is 9.10. The fourth-order valence-corrected chi connectivity index (χ4v) is 2.10. The molecule has 0 amide bonds. The van der Waals surface area contributed by atoms with Gasteiger partial charge in [-0.1, -0.05) is 0 Å². The highest BCUT2D eigenvalue weighted by molar-refractivity contribution is 7.11. The topological polar surface area (TPSA) is 38.2 Å². The van der Waals surface area contributed by atoms with E-state index in [0.717, 1.165) is 42.9 Å². The first-order valence-electron chi connectivity index (χ1n) is 4.44. The van der Waals surface area contributed by atoms with Crippen molar-refractivity contribution < 1.29 is 4.74 Å². The van der Waals surface area contributed by atoms with Crippen molar-refractivity contribution in [3.63, 3.8) is 0 Å². The van der Waals surface area contributed by atoms with Crippen LogP contribution in [0.2, 0.25) is 0 Å². The largest absolute Gasteiger partial charge is 0.379 e. The molecule has 0 aliphatic carbocycles. The van der Waals surface area contributed by atoms with Crippen molar-refractivity contribution in [1.82, 2.24) is 15.1 Å². The fourth-order valence-electron chi connectivity index (χ4n) is 1.35. The zero-order valence-corrected chi connectivity index (χ0v) is 8.51. The molecular weight excluding hydrogens is 186 g/mol. The van der Waals surface area contributed by atoms with Crippen LogP contribution in [0, 0.1) is 6.92 Å². The Morgan fingerprint density at radius 3 is 2.77 bits per heavy atom. The minimum Gasteiger partial charge on any atom is -0.379 e. The summed E-state index contributed by atoms with van der Waals surface area (Å²) in [6.07, 6.45) is 0. The van der Waals surface area contributed by atoms with E-state index in [0.29, 0.717) is 0 Å². The van der Waals surface area contributed by atoms with Gasteiger partial charge in [-0.25, -0.2) is 0 Å². The number of rotatable bonds is 2. The van der Waals surface area contributed by atoms with Gasteiger partial charge in [-0.15, -0.1) is 21.5 Å². The van der Waals surface area contributed by atoms with E-state index in [9.17, 15) is 0 Å². The molecule has 0 radical (unpaired) electrons. The number of morpholine rings is 1. The van der Waals surface area contributed by atoms with Crippen LogP contribution in [0.4, 0.5) is 0 Å². The van der Waals surface area contributed by atoms with E-state index in [2.05, 4.69) is 15.1 Å². The smallest absolute Gasteiger partial charge is 0.131 e. The Labute approximate surface area is 81.5 Å². The van der Waals surface area contributed by atoms with Crippen molar-refractivity contribution in [1.29, 1.82) is 0 Å². The van der Waals surface area contributed by atoms with E-state index in [1.54, 1.807) is 11.3 Å². The van der Waals surface area contributed by atoms with E-state index >= 15 is 0 Å². The Bertz CT molecular complexity index is 270. The lowest BCUT2D eigenvalue weighted by atomic mass is 10.4. The third-order valence-electron chi connectivity index (χ3n) is 2.03. The van der Waals surface area contributed by atoms with E-state index in [-0.39, 0.29) is 0 Å². The lowest BCUT2D eigenvalue weighted by Gasteiger charge is -2.25. The normalized spacial score (nSPS) is 19.2. The molecule has 0 saturated carbocycles. The van der Waals surface area contributed by atoms with Gasteiger partial charge in [-0.05, 0) is 6.92 Å². The first-order chi connectivity index (χ1) is 6.34. The van der Waals surface area contributed by atoms with Gasteiger partial charge in [-0.3, -0.25) is 4.90 Å². The molecule has 0 atom stereocenters. The van der Waals surface area contributed by atoms with E-state index in [1.807, 2.05) is 6.92 Å². The number of aryl methyl sites for hydroxylation is 1. The van der Waals surface area contributed by atoms with Crippen LogP contribution in [-0.4, -0.2) is 41.4 Å². The molecule has 1 saturated heterocycles. The second-order valence-corrected chi connectivity index (χ2v) is 4.37. The maximum absolute atomic E-state index is 5.27. The van der Waals surface area contributed by atoms with Crippen molar-refractivity contribution in [3.05, 3.63) is 10.0 Å². The molecule has 1 aromatic heterocycles. The molecule has 5 heteroatoms. The number of ether oxygens (including phenoxy) is 1. The Morgan fingerprint density at radius 1 is 1.38 bits per heavy atom. The van der Waals surface area contributed by atoms with Gasteiger partial charge in [0.1, 0.15) is 10.0 Å². The molecule has 72 valence electrons. The minimum absolute atomic E-state index is 0.845. The predicted octanol–water partition coefficient (Wildman–Crippen LogP) is 0.679. The summed E-state index contributed by atoms with van der Waals surface area (Å²) in [5, 5.41) is 10.2. The van der Waals surface area contributed by atoms with Gasteiger partial charge in [0.05, 0.1) is 19.8 Å². The second-order valence-electron chi connectivity index (χ2n) is 3.10. The van der Waals surface area contributed by atoms with Crippen molar-refractivity contribution >= 4 is 11.3 Å². The Kier molecular flexibility index (Phi) is 2.87. The van der Waals surface area contributed by atoms with Crippen LogP contribution in [0.5, 0.6) is 0 Å². The molecule has 2 rings (SSSR count). The van der Waals surface area contributed by atoms with Gasteiger partial charge in [0.2, 0.25) is 0 Å². The third kappa shape index (κ3) is 2.46.